The van der Waals surface area contributed by atoms with E-state index in [1.165, 1.54) is 48.2 Å². The molecule has 7 rings (SSSR count). The molecule has 0 saturated heterocycles. The highest BCUT2D eigenvalue weighted by Gasteiger charge is 2.10. The maximum atomic E-state index is 9.18. The number of benzene rings is 5. The molecule has 1 aromatic heterocycles. The van der Waals surface area contributed by atoms with E-state index in [0.717, 1.165) is 16.2 Å². The van der Waals surface area contributed by atoms with Crippen molar-refractivity contribution in [2.24, 2.45) is 0 Å². The second-order valence-electron chi connectivity index (χ2n) is 9.17. The second-order valence-corrected chi connectivity index (χ2v) is 10.2. The minimum Gasteiger partial charge on any atom is -0.192 e. The van der Waals surface area contributed by atoms with Crippen LogP contribution < -0.4 is 0 Å². The van der Waals surface area contributed by atoms with Crippen molar-refractivity contribution in [3.63, 3.8) is 0 Å². The van der Waals surface area contributed by atoms with Crippen LogP contribution >= 0.6 is 11.3 Å². The molecule has 0 aliphatic heterocycles. The molecule has 2 heteroatoms. The minimum absolute atomic E-state index is 0.686. The lowest BCUT2D eigenvalue weighted by Crippen LogP contribution is -1.84. The first-order chi connectivity index (χ1) is 18.3. The van der Waals surface area contributed by atoms with Crippen molar-refractivity contribution in [1.29, 1.82) is 5.26 Å². The first-order valence-corrected chi connectivity index (χ1v) is 13.0. The molecular formula is C35H19NS. The third-order valence-electron chi connectivity index (χ3n) is 6.95. The van der Waals surface area contributed by atoms with Crippen molar-refractivity contribution < 1.29 is 0 Å². The normalized spacial score (nSPS) is 11.0. The Hall–Kier alpha value is -4.89. The average molecular weight is 486 g/mol. The van der Waals surface area contributed by atoms with Gasteiger partial charge < -0.3 is 0 Å². The Morgan fingerprint density at radius 2 is 1.32 bits per heavy atom. The molecule has 170 valence electrons. The van der Waals surface area contributed by atoms with E-state index in [9.17, 15) is 5.26 Å². The van der Waals surface area contributed by atoms with Gasteiger partial charge in [0, 0.05) is 14.8 Å². The molecule has 0 unspecified atom stereocenters. The summed E-state index contributed by atoms with van der Waals surface area (Å²) in [6, 6.07) is 49.0. The molecule has 0 aliphatic carbocycles. The largest absolute Gasteiger partial charge is 0.192 e. The molecule has 1 nitrogen and oxygen atoms in total. The number of rotatable bonds is 3. The molecule has 0 saturated carbocycles. The lowest BCUT2D eigenvalue weighted by Gasteiger charge is -2.09. The van der Waals surface area contributed by atoms with Crippen LogP contribution in [-0.2, 0) is 0 Å². The van der Waals surface area contributed by atoms with Crippen LogP contribution in [0.5, 0.6) is 0 Å². The van der Waals surface area contributed by atoms with E-state index in [-0.39, 0.29) is 0 Å². The molecule has 0 bridgehead atoms. The van der Waals surface area contributed by atoms with Gasteiger partial charge >= 0.3 is 0 Å². The summed E-state index contributed by atoms with van der Waals surface area (Å²) in [6.07, 6.45) is 0. The van der Waals surface area contributed by atoms with Crippen molar-refractivity contribution in [2.45, 2.75) is 0 Å². The van der Waals surface area contributed by atoms with Gasteiger partial charge in [-0.1, -0.05) is 91.0 Å². The monoisotopic (exact) mass is 485 g/mol. The van der Waals surface area contributed by atoms with Crippen LogP contribution in [0, 0.1) is 23.5 Å². The van der Waals surface area contributed by atoms with E-state index in [1.54, 1.807) is 0 Å². The van der Waals surface area contributed by atoms with Crippen LogP contribution in [0.3, 0.4) is 0 Å². The smallest absolute Gasteiger partial charge is 0.0991 e. The topological polar surface area (TPSA) is 23.8 Å². The predicted molar refractivity (Wildman–Crippen MR) is 156 cm³/mol. The Bertz CT molecular complexity index is 1990. The van der Waals surface area contributed by atoms with Crippen molar-refractivity contribution in [3.05, 3.63) is 133 Å². The van der Waals surface area contributed by atoms with Crippen LogP contribution in [0.25, 0.3) is 64.3 Å². The van der Waals surface area contributed by atoms with Crippen LogP contribution in [0.15, 0.2) is 115 Å². The summed E-state index contributed by atoms with van der Waals surface area (Å²) in [5.74, 6) is 0. The Kier molecular flexibility index (Phi) is 5.00. The molecule has 0 atom stereocenters. The van der Waals surface area contributed by atoms with E-state index in [0.29, 0.717) is 5.56 Å². The highest BCUT2D eigenvalue weighted by molar-refractivity contribution is 7.26. The van der Waals surface area contributed by atoms with Crippen LogP contribution in [0.1, 0.15) is 5.56 Å². The van der Waals surface area contributed by atoms with E-state index >= 15 is 0 Å². The average Bonchev–Trinajstić information content (AvgIpc) is 3.36. The van der Waals surface area contributed by atoms with Gasteiger partial charge in [0.1, 0.15) is 0 Å². The molecule has 37 heavy (non-hydrogen) atoms. The maximum absolute atomic E-state index is 9.18. The first kappa shape index (κ1) is 21.4. The Balaban J connectivity index is 1.24. The summed E-state index contributed by atoms with van der Waals surface area (Å²) in [7, 11) is 0. The van der Waals surface area contributed by atoms with E-state index in [2.05, 4.69) is 109 Å². The number of thiophene rings is 1. The lowest BCUT2D eigenvalue weighted by molar-refractivity contribution is 1.50. The fourth-order valence-corrected chi connectivity index (χ4v) is 6.25. The molecule has 0 fully saturated rings. The van der Waals surface area contributed by atoms with Gasteiger partial charge in [-0.15, -0.1) is 11.3 Å². The number of hydrogen-bond donors (Lipinski definition) is 0. The second kappa shape index (κ2) is 8.65. The summed E-state index contributed by atoms with van der Waals surface area (Å²) in [5.41, 5.74) is 7.88. The van der Waals surface area contributed by atoms with Crippen molar-refractivity contribution in [3.8, 4) is 39.4 Å². The molecule has 0 amide bonds. The predicted octanol–water partition coefficient (Wildman–Crippen LogP) is 9.68. The van der Waals surface area contributed by atoms with Crippen molar-refractivity contribution >= 4 is 42.3 Å². The molecule has 0 spiro atoms. The summed E-state index contributed by atoms with van der Waals surface area (Å²) < 4.78 is 2.54. The van der Waals surface area contributed by atoms with E-state index < -0.39 is 0 Å². The summed E-state index contributed by atoms with van der Waals surface area (Å²) >= 11 is 1.82. The highest BCUT2D eigenvalue weighted by atomic mass is 32.1. The standard InChI is InChI=1S/C35H19NS/c36-22-23-11-12-29-21-30(18-17-28(29)19-23)27-6-3-5-26(20-27)24-13-15-25(16-14-24)31-8-4-9-33-32-7-1-2-10-34(32)37-35(31)33/h2-6,8-21H. The summed E-state index contributed by atoms with van der Waals surface area (Å²) in [5, 5.41) is 13.8. The number of hydrogen-bond acceptors (Lipinski definition) is 2. The summed E-state index contributed by atoms with van der Waals surface area (Å²) in [6.45, 7) is 0. The Morgan fingerprint density at radius 1 is 0.622 bits per heavy atom. The van der Waals surface area contributed by atoms with Gasteiger partial charge in [0.25, 0.3) is 0 Å². The first-order valence-electron chi connectivity index (χ1n) is 12.2. The molecule has 6 aromatic carbocycles. The Morgan fingerprint density at radius 3 is 2.19 bits per heavy atom. The zero-order chi connectivity index (χ0) is 24.8. The molecule has 1 heterocycles. The van der Waals surface area contributed by atoms with Gasteiger partial charge in [-0.25, -0.2) is 0 Å². The Labute approximate surface area is 219 Å². The van der Waals surface area contributed by atoms with Gasteiger partial charge in [-0.2, -0.15) is 5.26 Å². The number of nitrogens with zero attached hydrogens (tertiary/aromatic N) is 1. The van der Waals surface area contributed by atoms with Crippen molar-refractivity contribution in [2.75, 3.05) is 0 Å². The maximum Gasteiger partial charge on any atom is 0.0991 e. The SMILES string of the molecule is N#Cc1ccc2cc(-c3cccc(-c4ccc(-c5cccc6c5sc5ccc#cc56)cc4)c3)ccc2c1. The zero-order valence-corrected chi connectivity index (χ0v) is 20.6. The molecule has 0 N–H and O–H groups in total. The third-order valence-corrected chi connectivity index (χ3v) is 8.16. The number of nitriles is 1. The third kappa shape index (κ3) is 3.73. The fourth-order valence-electron chi connectivity index (χ4n) is 5.06. The van der Waals surface area contributed by atoms with Crippen molar-refractivity contribution in [1.82, 2.24) is 0 Å². The molecule has 7 aromatic rings. The number of fused-ring (bicyclic) bond motifs is 4. The lowest BCUT2D eigenvalue weighted by atomic mass is 9.95. The van der Waals surface area contributed by atoms with E-state index in [4.69, 9.17) is 0 Å². The zero-order valence-electron chi connectivity index (χ0n) is 19.8. The van der Waals surface area contributed by atoms with Crippen LogP contribution in [0.4, 0.5) is 0 Å². The minimum atomic E-state index is 0.686. The highest BCUT2D eigenvalue weighted by Crippen LogP contribution is 2.39. The molecular weight excluding hydrogens is 466 g/mol. The van der Waals surface area contributed by atoms with Gasteiger partial charge in [0.05, 0.1) is 17.0 Å². The summed E-state index contributed by atoms with van der Waals surface area (Å²) in [4.78, 5) is 0. The molecule has 0 radical (unpaired) electrons. The van der Waals surface area contributed by atoms with E-state index in [1.807, 2.05) is 35.6 Å². The van der Waals surface area contributed by atoms with Crippen LogP contribution in [-0.4, -0.2) is 0 Å². The molecule has 0 aliphatic rings. The fraction of sp³-hybridized carbons (Fsp3) is 0. The quantitative estimate of drug-likeness (QED) is 0.244. The van der Waals surface area contributed by atoms with Gasteiger partial charge in [-0.3, -0.25) is 0 Å². The van der Waals surface area contributed by atoms with Gasteiger partial charge in [0.2, 0.25) is 0 Å². The van der Waals surface area contributed by atoms with Crippen LogP contribution in [0.2, 0.25) is 0 Å². The van der Waals surface area contributed by atoms with Gasteiger partial charge in [-0.05, 0) is 80.6 Å². The van der Waals surface area contributed by atoms with Gasteiger partial charge in [0.15, 0.2) is 0 Å².